The number of anilines is 1. The summed E-state index contributed by atoms with van der Waals surface area (Å²) in [7, 11) is 0. The van der Waals surface area contributed by atoms with Crippen molar-refractivity contribution in [3.63, 3.8) is 0 Å². The lowest BCUT2D eigenvalue weighted by molar-refractivity contribution is -0.111. The highest BCUT2D eigenvalue weighted by Crippen LogP contribution is 2.14. The minimum absolute atomic E-state index is 0.0750. The van der Waals surface area contributed by atoms with Crippen LogP contribution in [-0.2, 0) is 11.3 Å². The Kier molecular flexibility index (Phi) is 5.43. The molecule has 1 rings (SSSR count). The van der Waals surface area contributed by atoms with Crippen LogP contribution in [0.15, 0.2) is 35.9 Å². The van der Waals surface area contributed by atoms with E-state index in [1.807, 2.05) is 38.1 Å². The van der Waals surface area contributed by atoms with Crippen molar-refractivity contribution in [2.75, 3.05) is 11.9 Å². The lowest BCUT2D eigenvalue weighted by atomic mass is 10.1. The number of carbonyl (C=O) groups is 1. The van der Waals surface area contributed by atoms with Gasteiger partial charge in [-0.05, 0) is 32.0 Å². The molecule has 0 radical (unpaired) electrons. The summed E-state index contributed by atoms with van der Waals surface area (Å²) in [6, 6.07) is 7.83. The van der Waals surface area contributed by atoms with Crippen LogP contribution in [0.1, 0.15) is 26.3 Å². The number of rotatable bonds is 5. The number of carbonyl (C=O) groups excluding carboxylic acids is 1. The second-order valence-corrected chi connectivity index (χ2v) is 4.15. The van der Waals surface area contributed by atoms with E-state index in [4.69, 9.17) is 0 Å². The van der Waals surface area contributed by atoms with E-state index in [1.54, 1.807) is 6.08 Å². The Morgan fingerprint density at radius 2 is 2.00 bits per heavy atom. The van der Waals surface area contributed by atoms with E-state index >= 15 is 0 Å². The third kappa shape index (κ3) is 4.83. The Morgan fingerprint density at radius 1 is 1.29 bits per heavy atom. The van der Waals surface area contributed by atoms with Gasteiger partial charge in [-0.3, -0.25) is 4.79 Å². The van der Waals surface area contributed by atoms with E-state index in [0.717, 1.165) is 29.9 Å². The molecule has 0 saturated carbocycles. The van der Waals surface area contributed by atoms with Gasteiger partial charge in [-0.15, -0.1) is 0 Å². The molecule has 17 heavy (non-hydrogen) atoms. The number of nitrogens with one attached hydrogen (secondary N) is 2. The molecule has 2 N–H and O–H groups in total. The van der Waals surface area contributed by atoms with Crippen LogP contribution in [0.5, 0.6) is 0 Å². The SMILES string of the molecule is CCNCc1ccccc1NC(=O)C=C(C)C. The predicted molar refractivity (Wildman–Crippen MR) is 71.9 cm³/mol. The van der Waals surface area contributed by atoms with Crippen LogP contribution in [-0.4, -0.2) is 12.5 Å². The van der Waals surface area contributed by atoms with Gasteiger partial charge in [0.1, 0.15) is 0 Å². The summed E-state index contributed by atoms with van der Waals surface area (Å²) >= 11 is 0. The molecule has 0 fully saturated rings. The van der Waals surface area contributed by atoms with Crippen molar-refractivity contribution in [2.24, 2.45) is 0 Å². The van der Waals surface area contributed by atoms with E-state index in [1.165, 1.54) is 0 Å². The third-order valence-corrected chi connectivity index (χ3v) is 2.26. The Balaban J connectivity index is 2.76. The second-order valence-electron chi connectivity index (χ2n) is 4.15. The van der Waals surface area contributed by atoms with Crippen molar-refractivity contribution in [1.82, 2.24) is 5.32 Å². The highest BCUT2D eigenvalue weighted by atomic mass is 16.1. The number of para-hydroxylation sites is 1. The second kappa shape index (κ2) is 6.86. The Bertz CT molecular complexity index is 406. The van der Waals surface area contributed by atoms with Crippen LogP contribution >= 0.6 is 0 Å². The molecule has 0 bridgehead atoms. The van der Waals surface area contributed by atoms with Crippen LogP contribution in [0.2, 0.25) is 0 Å². The zero-order chi connectivity index (χ0) is 12.7. The summed E-state index contributed by atoms with van der Waals surface area (Å²) in [5.74, 6) is -0.0750. The molecule has 0 atom stereocenters. The summed E-state index contributed by atoms with van der Waals surface area (Å²) in [5, 5.41) is 6.15. The average Bonchev–Trinajstić information content (AvgIpc) is 2.26. The van der Waals surface area contributed by atoms with E-state index in [9.17, 15) is 4.79 Å². The minimum Gasteiger partial charge on any atom is -0.322 e. The quantitative estimate of drug-likeness (QED) is 0.766. The van der Waals surface area contributed by atoms with Crippen molar-refractivity contribution in [2.45, 2.75) is 27.3 Å². The topological polar surface area (TPSA) is 41.1 Å². The number of hydrogen-bond acceptors (Lipinski definition) is 2. The molecule has 0 aromatic heterocycles. The van der Waals surface area contributed by atoms with Gasteiger partial charge in [0, 0.05) is 18.3 Å². The highest BCUT2D eigenvalue weighted by Gasteiger charge is 2.03. The zero-order valence-corrected chi connectivity index (χ0v) is 10.7. The molecular weight excluding hydrogens is 212 g/mol. The molecule has 0 aliphatic rings. The lowest BCUT2D eigenvalue weighted by Gasteiger charge is -2.10. The van der Waals surface area contributed by atoms with Gasteiger partial charge in [0.15, 0.2) is 0 Å². The summed E-state index contributed by atoms with van der Waals surface area (Å²) < 4.78 is 0. The Hall–Kier alpha value is -1.61. The number of hydrogen-bond donors (Lipinski definition) is 2. The van der Waals surface area contributed by atoms with E-state index in [0.29, 0.717) is 0 Å². The van der Waals surface area contributed by atoms with Gasteiger partial charge in [-0.25, -0.2) is 0 Å². The maximum atomic E-state index is 11.6. The first kappa shape index (κ1) is 13.5. The molecule has 3 heteroatoms. The molecular formula is C14H20N2O. The van der Waals surface area contributed by atoms with Crippen LogP contribution in [0.3, 0.4) is 0 Å². The Morgan fingerprint density at radius 3 is 2.65 bits per heavy atom. The van der Waals surface area contributed by atoms with Crippen molar-refractivity contribution in [3.8, 4) is 0 Å². The molecule has 0 saturated heterocycles. The van der Waals surface area contributed by atoms with Crippen LogP contribution in [0, 0.1) is 0 Å². The molecule has 1 aromatic rings. The van der Waals surface area contributed by atoms with Crippen molar-refractivity contribution in [1.29, 1.82) is 0 Å². The molecule has 0 spiro atoms. The molecule has 1 amide bonds. The molecule has 0 aliphatic carbocycles. The molecule has 3 nitrogen and oxygen atoms in total. The first-order chi connectivity index (χ1) is 8.13. The average molecular weight is 232 g/mol. The molecule has 0 aliphatic heterocycles. The van der Waals surface area contributed by atoms with E-state index < -0.39 is 0 Å². The van der Waals surface area contributed by atoms with E-state index in [-0.39, 0.29) is 5.91 Å². The van der Waals surface area contributed by atoms with Gasteiger partial charge >= 0.3 is 0 Å². The third-order valence-electron chi connectivity index (χ3n) is 2.26. The Labute approximate surface area is 103 Å². The van der Waals surface area contributed by atoms with Gasteiger partial charge in [0.05, 0.1) is 0 Å². The number of amides is 1. The van der Waals surface area contributed by atoms with Gasteiger partial charge in [0.2, 0.25) is 5.91 Å². The van der Waals surface area contributed by atoms with Gasteiger partial charge < -0.3 is 10.6 Å². The normalized spacial score (nSPS) is 9.82. The van der Waals surface area contributed by atoms with Gasteiger partial charge in [-0.2, -0.15) is 0 Å². The van der Waals surface area contributed by atoms with Crippen LogP contribution < -0.4 is 10.6 Å². The smallest absolute Gasteiger partial charge is 0.248 e. The maximum absolute atomic E-state index is 11.6. The summed E-state index contributed by atoms with van der Waals surface area (Å²) in [5.41, 5.74) is 2.97. The van der Waals surface area contributed by atoms with Crippen LogP contribution in [0.25, 0.3) is 0 Å². The highest BCUT2D eigenvalue weighted by molar-refractivity contribution is 6.00. The summed E-state index contributed by atoms with van der Waals surface area (Å²) in [6.07, 6.45) is 1.60. The number of benzene rings is 1. The standard InChI is InChI=1S/C14H20N2O/c1-4-15-10-12-7-5-6-8-13(12)16-14(17)9-11(2)3/h5-9,15H,4,10H2,1-3H3,(H,16,17). The van der Waals surface area contributed by atoms with Crippen LogP contribution in [0.4, 0.5) is 5.69 Å². The van der Waals surface area contributed by atoms with E-state index in [2.05, 4.69) is 17.6 Å². The fourth-order valence-electron chi connectivity index (χ4n) is 1.49. The maximum Gasteiger partial charge on any atom is 0.248 e. The molecule has 0 unspecified atom stereocenters. The van der Waals surface area contributed by atoms with Gasteiger partial charge in [-0.1, -0.05) is 30.7 Å². The first-order valence-electron chi connectivity index (χ1n) is 5.88. The van der Waals surface area contributed by atoms with Gasteiger partial charge in [0.25, 0.3) is 0 Å². The van der Waals surface area contributed by atoms with Crippen molar-refractivity contribution >= 4 is 11.6 Å². The fourth-order valence-corrected chi connectivity index (χ4v) is 1.49. The fraction of sp³-hybridized carbons (Fsp3) is 0.357. The first-order valence-corrected chi connectivity index (χ1v) is 5.88. The minimum atomic E-state index is -0.0750. The summed E-state index contributed by atoms with van der Waals surface area (Å²) in [6.45, 7) is 7.55. The predicted octanol–water partition coefficient (Wildman–Crippen LogP) is 2.70. The molecule has 1 aromatic carbocycles. The van der Waals surface area contributed by atoms with Crippen molar-refractivity contribution in [3.05, 3.63) is 41.5 Å². The lowest BCUT2D eigenvalue weighted by Crippen LogP contribution is -2.15. The molecule has 0 heterocycles. The summed E-state index contributed by atoms with van der Waals surface area (Å²) in [4.78, 5) is 11.6. The largest absolute Gasteiger partial charge is 0.322 e. The number of allylic oxidation sites excluding steroid dienone is 1. The van der Waals surface area contributed by atoms with Crippen molar-refractivity contribution < 1.29 is 4.79 Å². The monoisotopic (exact) mass is 232 g/mol. The zero-order valence-electron chi connectivity index (χ0n) is 10.7. The molecule has 92 valence electrons.